The topological polar surface area (TPSA) is 127 Å². The molecule has 0 amide bonds. The van der Waals surface area contributed by atoms with Crippen molar-refractivity contribution in [2.75, 3.05) is 33.5 Å². The molecule has 1 N–H and O–H groups in total. The van der Waals surface area contributed by atoms with Gasteiger partial charge in [-0.2, -0.15) is 0 Å². The fourth-order valence-electron chi connectivity index (χ4n) is 6.16. The number of rotatable bonds is 19. The fourth-order valence-corrected chi connectivity index (χ4v) is 8.05. The Balaban J connectivity index is 0.000000358. The van der Waals surface area contributed by atoms with E-state index in [-0.39, 0.29) is 33.0 Å². The van der Waals surface area contributed by atoms with Crippen LogP contribution in [-0.2, 0) is 52.2 Å². The van der Waals surface area contributed by atoms with Gasteiger partial charge in [0.15, 0.2) is 11.5 Å². The van der Waals surface area contributed by atoms with Crippen LogP contribution < -0.4 is 9.47 Å². The number of carbonyl (C=O) groups is 1. The van der Waals surface area contributed by atoms with Gasteiger partial charge in [0.2, 0.25) is 0 Å². The molecule has 10 nitrogen and oxygen atoms in total. The van der Waals surface area contributed by atoms with Crippen molar-refractivity contribution in [2.45, 2.75) is 106 Å². The Morgan fingerprint density at radius 3 is 1.94 bits per heavy atom. The van der Waals surface area contributed by atoms with Gasteiger partial charge in [-0.25, -0.2) is 4.57 Å². The number of carbonyl (C=O) groups excluding carboxylic acids is 1. The van der Waals surface area contributed by atoms with Crippen molar-refractivity contribution in [3.8, 4) is 22.6 Å². The molecule has 0 saturated carbocycles. The van der Waals surface area contributed by atoms with Crippen LogP contribution in [-0.4, -0.2) is 51.0 Å². The van der Waals surface area contributed by atoms with Crippen LogP contribution in [0.3, 0.4) is 0 Å². The predicted molar refractivity (Wildman–Crippen MR) is 207 cm³/mol. The van der Waals surface area contributed by atoms with Crippen molar-refractivity contribution < 1.29 is 46.8 Å². The minimum atomic E-state index is -3.16. The molecule has 1 aliphatic carbocycles. The zero-order chi connectivity index (χ0) is 38.7. The lowest BCUT2D eigenvalue weighted by Gasteiger charge is -2.28. The number of hydrogen-bond donors (Lipinski definition) is 1. The molecule has 0 heterocycles. The molecule has 0 spiro atoms. The summed E-state index contributed by atoms with van der Waals surface area (Å²) in [6.45, 7) is 18.6. The number of aldehydes is 1. The van der Waals surface area contributed by atoms with E-state index in [1.807, 2.05) is 53.7 Å². The monoisotopic (exact) mass is 760 g/mol. The molecule has 12 heteroatoms. The van der Waals surface area contributed by atoms with Gasteiger partial charge in [0.05, 0.1) is 45.8 Å². The number of aliphatic hydroxyl groups is 1. The summed E-state index contributed by atoms with van der Waals surface area (Å²) < 4.78 is 55.5. The zero-order valence-corrected chi connectivity index (χ0v) is 34.1. The summed E-state index contributed by atoms with van der Waals surface area (Å²) in [5, 5.41) is 9.29. The molecule has 0 bridgehead atoms. The van der Waals surface area contributed by atoms with Gasteiger partial charge in [-0.15, -0.1) is 0 Å². The van der Waals surface area contributed by atoms with E-state index in [9.17, 15) is 19.0 Å². The van der Waals surface area contributed by atoms with E-state index < -0.39 is 7.60 Å². The second-order valence-electron chi connectivity index (χ2n) is 12.4. The third-order valence-electron chi connectivity index (χ3n) is 8.69. The van der Waals surface area contributed by atoms with Crippen molar-refractivity contribution in [1.82, 2.24) is 0 Å². The largest absolute Gasteiger partial charge is 0.493 e. The second-order valence-corrected chi connectivity index (χ2v) is 14.9. The molecule has 2 unspecified atom stereocenters. The first-order valence-corrected chi connectivity index (χ1v) is 20.5. The van der Waals surface area contributed by atoms with Gasteiger partial charge in [-0.1, -0.05) is 63.6 Å². The van der Waals surface area contributed by atoms with Crippen molar-refractivity contribution in [3.63, 3.8) is 0 Å². The molecular formula is C40H58O10P2. The van der Waals surface area contributed by atoms with E-state index in [0.29, 0.717) is 48.7 Å². The number of aliphatic hydroxyl groups excluding tert-OH is 1. The van der Waals surface area contributed by atoms with Crippen LogP contribution in [0, 0.1) is 0 Å². The van der Waals surface area contributed by atoms with Gasteiger partial charge < -0.3 is 28.4 Å². The van der Waals surface area contributed by atoms with Gasteiger partial charge in [0.25, 0.3) is 0 Å². The van der Waals surface area contributed by atoms with Crippen LogP contribution in [0.25, 0.3) is 11.1 Å². The highest BCUT2D eigenvalue weighted by atomic mass is 31.2. The summed E-state index contributed by atoms with van der Waals surface area (Å²) in [6, 6.07) is 15.8. The standard InChI is InChI=1S/C23H30O5P2.C13H18O4.C4H10O/c1-5-12-23(4)21-13-17(15-26-29-24)8-10-19(21)20-11-9-18(14-22(20)23)16-30(25,27-6-2)28-7-3;1-4-9(2)17-13-11(8-15)5-10(7-14)6-12(13)16-3;1-3-5-4-2/h8-11,13-14H,5-7,12,15-16H2,1-4H3;5-7,9,15H,4,8H2,1-3H3;3-4H2,1-2H3. The molecule has 2 atom stereocenters. The smallest absolute Gasteiger partial charge is 0.335 e. The molecule has 3 aromatic carbocycles. The highest BCUT2D eigenvalue weighted by molar-refractivity contribution is 7.53. The third-order valence-corrected chi connectivity index (χ3v) is 11.0. The van der Waals surface area contributed by atoms with E-state index in [0.717, 1.165) is 43.6 Å². The molecule has 4 rings (SSSR count). The number of hydrogen-bond acceptors (Lipinski definition) is 10. The lowest BCUT2D eigenvalue weighted by atomic mass is 9.76. The van der Waals surface area contributed by atoms with Crippen molar-refractivity contribution in [2.24, 2.45) is 0 Å². The van der Waals surface area contributed by atoms with Crippen LogP contribution in [0.1, 0.15) is 113 Å². The van der Waals surface area contributed by atoms with Crippen LogP contribution >= 0.6 is 16.3 Å². The third kappa shape index (κ3) is 12.3. The maximum Gasteiger partial charge on any atom is 0.335 e. The summed E-state index contributed by atoms with van der Waals surface area (Å²) in [6.07, 6.45) is 3.89. The molecule has 288 valence electrons. The highest BCUT2D eigenvalue weighted by Crippen LogP contribution is 2.55. The van der Waals surface area contributed by atoms with E-state index in [4.69, 9.17) is 27.8 Å². The fraction of sp³-hybridized carbons (Fsp3) is 0.525. The van der Waals surface area contributed by atoms with E-state index in [1.165, 1.54) is 29.4 Å². The summed E-state index contributed by atoms with van der Waals surface area (Å²) in [4.78, 5) is 10.8. The van der Waals surface area contributed by atoms with Gasteiger partial charge in [0, 0.05) is 29.8 Å². The SMILES string of the molecule is CCC(C)Oc1c(CO)cc(C=O)cc1OC.CCCC1(C)c2cc(COP=O)ccc2-c2ccc(CP(=O)(OCC)OCC)cc21.CCOCC. The maximum absolute atomic E-state index is 13.0. The van der Waals surface area contributed by atoms with Gasteiger partial charge >= 0.3 is 16.3 Å². The minimum Gasteiger partial charge on any atom is -0.493 e. The first kappa shape index (κ1) is 45.2. The molecule has 52 heavy (non-hydrogen) atoms. The Bertz CT molecular complexity index is 1570. The van der Waals surface area contributed by atoms with Gasteiger partial charge in [-0.05, 0) is 93.0 Å². The van der Waals surface area contributed by atoms with Crippen LogP contribution in [0.5, 0.6) is 11.5 Å². The lowest BCUT2D eigenvalue weighted by Crippen LogP contribution is -2.20. The molecule has 1 aliphatic rings. The molecule has 0 aliphatic heterocycles. The van der Waals surface area contributed by atoms with E-state index >= 15 is 0 Å². The van der Waals surface area contributed by atoms with Crippen LogP contribution in [0.4, 0.5) is 0 Å². The van der Waals surface area contributed by atoms with Crippen molar-refractivity contribution >= 4 is 22.6 Å². The van der Waals surface area contributed by atoms with Crippen molar-refractivity contribution in [3.05, 3.63) is 81.9 Å². The number of benzene rings is 3. The lowest BCUT2D eigenvalue weighted by molar-refractivity contribution is 0.112. The van der Waals surface area contributed by atoms with Gasteiger partial charge in [-0.3, -0.25) is 13.9 Å². The van der Waals surface area contributed by atoms with Gasteiger partial charge in [0.1, 0.15) is 6.29 Å². The summed E-state index contributed by atoms with van der Waals surface area (Å²) in [5.41, 5.74) is 7.77. The predicted octanol–water partition coefficient (Wildman–Crippen LogP) is 10.5. The summed E-state index contributed by atoms with van der Waals surface area (Å²) in [7, 11) is -1.97. The summed E-state index contributed by atoms with van der Waals surface area (Å²) in [5.74, 6) is 0.980. The highest BCUT2D eigenvalue weighted by Gasteiger charge is 2.39. The Hall–Kier alpha value is -2.94. The first-order valence-electron chi connectivity index (χ1n) is 18.1. The molecular weight excluding hydrogens is 702 g/mol. The van der Waals surface area contributed by atoms with E-state index in [2.05, 4.69) is 38.1 Å². The summed E-state index contributed by atoms with van der Waals surface area (Å²) >= 11 is 0. The first-order chi connectivity index (χ1) is 25.0. The number of methoxy groups -OCH3 is 1. The zero-order valence-electron chi connectivity index (χ0n) is 32.4. The quantitative estimate of drug-likeness (QED) is 0.0932. The molecule has 0 fully saturated rings. The second kappa shape index (κ2) is 23.0. The Morgan fingerprint density at radius 1 is 0.885 bits per heavy atom. The van der Waals surface area contributed by atoms with E-state index in [1.54, 1.807) is 12.1 Å². The number of ether oxygens (including phenoxy) is 3. The minimum absolute atomic E-state index is 0.0243. The van der Waals surface area contributed by atoms with Crippen LogP contribution in [0.2, 0.25) is 0 Å². The normalized spacial score (nSPS) is 15.0. The molecule has 0 aromatic heterocycles. The Morgan fingerprint density at radius 2 is 1.48 bits per heavy atom. The maximum atomic E-state index is 13.0. The average Bonchev–Trinajstić information content (AvgIpc) is 3.38. The average molecular weight is 761 g/mol. The molecule has 0 saturated heterocycles. The number of fused-ring (bicyclic) bond motifs is 3. The van der Waals surface area contributed by atoms with Crippen LogP contribution in [0.15, 0.2) is 48.5 Å². The Labute approximate surface area is 312 Å². The Kier molecular flexibility index (Phi) is 20.0. The van der Waals surface area contributed by atoms with Crippen molar-refractivity contribution in [1.29, 1.82) is 0 Å². The molecule has 3 aromatic rings. The molecule has 0 radical (unpaired) electrons.